The van der Waals surface area contributed by atoms with E-state index in [4.69, 9.17) is 0 Å². The molecular weight excluding hydrogens is 228 g/mol. The summed E-state index contributed by atoms with van der Waals surface area (Å²) in [6, 6.07) is 0.322. The SMILES string of the molecule is CCN(CC)C(=O)CCCN1CCCCC1CO. The minimum absolute atomic E-state index is 0.254. The lowest BCUT2D eigenvalue weighted by molar-refractivity contribution is -0.131. The Balaban J connectivity index is 2.25. The van der Waals surface area contributed by atoms with Crippen molar-refractivity contribution in [2.75, 3.05) is 32.8 Å². The summed E-state index contributed by atoms with van der Waals surface area (Å²) in [5, 5.41) is 9.32. The van der Waals surface area contributed by atoms with Crippen LogP contribution in [0.4, 0.5) is 0 Å². The second-order valence-corrected chi connectivity index (χ2v) is 5.04. The van der Waals surface area contributed by atoms with Crippen LogP contribution in [0.3, 0.4) is 0 Å². The van der Waals surface area contributed by atoms with E-state index in [0.29, 0.717) is 12.5 Å². The summed E-state index contributed by atoms with van der Waals surface area (Å²) < 4.78 is 0. The summed E-state index contributed by atoms with van der Waals surface area (Å²) in [6.45, 7) is 7.92. The van der Waals surface area contributed by atoms with Crippen molar-refractivity contribution < 1.29 is 9.90 Å². The molecule has 0 aromatic rings. The molecule has 0 radical (unpaired) electrons. The molecule has 0 spiro atoms. The lowest BCUT2D eigenvalue weighted by atomic mass is 10.0. The Morgan fingerprint density at radius 1 is 1.33 bits per heavy atom. The highest BCUT2D eigenvalue weighted by molar-refractivity contribution is 5.76. The Labute approximate surface area is 111 Å². The van der Waals surface area contributed by atoms with Gasteiger partial charge in [0.25, 0.3) is 0 Å². The predicted molar refractivity (Wildman–Crippen MR) is 73.5 cm³/mol. The second-order valence-electron chi connectivity index (χ2n) is 5.04. The van der Waals surface area contributed by atoms with E-state index < -0.39 is 0 Å². The van der Waals surface area contributed by atoms with Crippen molar-refractivity contribution in [2.45, 2.75) is 52.0 Å². The van der Waals surface area contributed by atoms with Crippen molar-refractivity contribution in [3.8, 4) is 0 Å². The molecule has 0 aromatic heterocycles. The lowest BCUT2D eigenvalue weighted by Gasteiger charge is -2.34. The first-order valence-corrected chi connectivity index (χ1v) is 7.35. The molecule has 0 bridgehead atoms. The van der Waals surface area contributed by atoms with E-state index in [1.807, 2.05) is 18.7 Å². The van der Waals surface area contributed by atoms with E-state index in [-0.39, 0.29) is 12.5 Å². The molecule has 1 N–H and O–H groups in total. The first kappa shape index (κ1) is 15.4. The average Bonchev–Trinajstić information content (AvgIpc) is 2.40. The maximum atomic E-state index is 11.9. The Hall–Kier alpha value is -0.610. The molecule has 106 valence electrons. The number of likely N-dealkylation sites (tertiary alicyclic amines) is 1. The van der Waals surface area contributed by atoms with Crippen molar-refractivity contribution in [3.05, 3.63) is 0 Å². The number of nitrogens with zero attached hydrogens (tertiary/aromatic N) is 2. The molecule has 1 aliphatic rings. The van der Waals surface area contributed by atoms with Crippen LogP contribution in [0.15, 0.2) is 0 Å². The number of amides is 1. The number of rotatable bonds is 7. The van der Waals surface area contributed by atoms with Crippen LogP contribution in [0.5, 0.6) is 0 Å². The number of carbonyl (C=O) groups is 1. The highest BCUT2D eigenvalue weighted by Crippen LogP contribution is 2.17. The smallest absolute Gasteiger partial charge is 0.222 e. The van der Waals surface area contributed by atoms with E-state index in [0.717, 1.165) is 39.0 Å². The molecule has 18 heavy (non-hydrogen) atoms. The summed E-state index contributed by atoms with van der Waals surface area (Å²) in [5.74, 6) is 0.262. The van der Waals surface area contributed by atoms with E-state index in [9.17, 15) is 9.90 Å². The predicted octanol–water partition coefficient (Wildman–Crippen LogP) is 1.48. The van der Waals surface area contributed by atoms with Crippen LogP contribution in [0.1, 0.15) is 46.0 Å². The minimum Gasteiger partial charge on any atom is -0.395 e. The molecule has 4 nitrogen and oxygen atoms in total. The molecule has 0 aromatic carbocycles. The summed E-state index contributed by atoms with van der Waals surface area (Å²) in [4.78, 5) is 16.1. The van der Waals surface area contributed by atoms with E-state index >= 15 is 0 Å². The monoisotopic (exact) mass is 256 g/mol. The zero-order valence-electron chi connectivity index (χ0n) is 11.9. The third-order valence-electron chi connectivity index (χ3n) is 3.91. The van der Waals surface area contributed by atoms with Crippen LogP contribution < -0.4 is 0 Å². The Morgan fingerprint density at radius 2 is 2.06 bits per heavy atom. The number of aliphatic hydroxyl groups is 1. The molecule has 1 amide bonds. The summed E-state index contributed by atoms with van der Waals surface area (Å²) >= 11 is 0. The van der Waals surface area contributed by atoms with Gasteiger partial charge in [0.15, 0.2) is 0 Å². The molecule has 4 heteroatoms. The van der Waals surface area contributed by atoms with Gasteiger partial charge >= 0.3 is 0 Å². The van der Waals surface area contributed by atoms with Gasteiger partial charge in [0.2, 0.25) is 5.91 Å². The first-order chi connectivity index (χ1) is 8.72. The zero-order valence-corrected chi connectivity index (χ0v) is 11.9. The van der Waals surface area contributed by atoms with Gasteiger partial charge in [-0.3, -0.25) is 9.69 Å². The van der Waals surface area contributed by atoms with Crippen LogP contribution in [-0.4, -0.2) is 59.6 Å². The topological polar surface area (TPSA) is 43.8 Å². The maximum absolute atomic E-state index is 11.9. The van der Waals surface area contributed by atoms with Crippen LogP contribution in [-0.2, 0) is 4.79 Å². The molecule has 1 saturated heterocycles. The second kappa shape index (κ2) is 8.48. The standard InChI is InChI=1S/C14H28N2O2/c1-3-15(4-2)14(18)9-7-11-16-10-6-5-8-13(16)12-17/h13,17H,3-12H2,1-2H3. The third kappa shape index (κ3) is 4.58. The average molecular weight is 256 g/mol. The molecule has 1 atom stereocenters. The zero-order chi connectivity index (χ0) is 13.4. The molecule has 1 heterocycles. The summed E-state index contributed by atoms with van der Waals surface area (Å²) in [6.07, 6.45) is 5.09. The van der Waals surface area contributed by atoms with Crippen molar-refractivity contribution in [3.63, 3.8) is 0 Å². The number of hydrogen-bond acceptors (Lipinski definition) is 3. The highest BCUT2D eigenvalue weighted by atomic mass is 16.3. The van der Waals surface area contributed by atoms with Gasteiger partial charge in [-0.05, 0) is 46.2 Å². The van der Waals surface area contributed by atoms with E-state index in [1.54, 1.807) is 0 Å². The van der Waals surface area contributed by atoms with Gasteiger partial charge in [0.1, 0.15) is 0 Å². The summed E-state index contributed by atoms with van der Waals surface area (Å²) in [7, 11) is 0. The molecular formula is C14H28N2O2. The van der Waals surface area contributed by atoms with Crippen molar-refractivity contribution >= 4 is 5.91 Å². The first-order valence-electron chi connectivity index (χ1n) is 7.35. The Kier molecular flexibility index (Phi) is 7.28. The van der Waals surface area contributed by atoms with Gasteiger partial charge in [0, 0.05) is 25.6 Å². The quantitative estimate of drug-likeness (QED) is 0.750. The Bertz CT molecular complexity index is 242. The molecule has 1 unspecified atom stereocenters. The van der Waals surface area contributed by atoms with Crippen molar-refractivity contribution in [1.82, 2.24) is 9.80 Å². The van der Waals surface area contributed by atoms with Gasteiger partial charge in [-0.1, -0.05) is 6.42 Å². The van der Waals surface area contributed by atoms with Gasteiger partial charge in [-0.2, -0.15) is 0 Å². The summed E-state index contributed by atoms with van der Waals surface area (Å²) in [5.41, 5.74) is 0. The minimum atomic E-state index is 0.254. The van der Waals surface area contributed by atoms with E-state index in [2.05, 4.69) is 4.90 Å². The molecule has 1 rings (SSSR count). The van der Waals surface area contributed by atoms with Crippen molar-refractivity contribution in [2.24, 2.45) is 0 Å². The van der Waals surface area contributed by atoms with Crippen LogP contribution in [0, 0.1) is 0 Å². The Morgan fingerprint density at radius 3 is 2.67 bits per heavy atom. The fraction of sp³-hybridized carbons (Fsp3) is 0.929. The normalized spacial score (nSPS) is 20.9. The fourth-order valence-electron chi connectivity index (χ4n) is 2.73. The molecule has 0 saturated carbocycles. The van der Waals surface area contributed by atoms with Crippen LogP contribution >= 0.6 is 0 Å². The van der Waals surface area contributed by atoms with Crippen LogP contribution in [0.25, 0.3) is 0 Å². The van der Waals surface area contributed by atoms with Gasteiger partial charge in [-0.15, -0.1) is 0 Å². The highest BCUT2D eigenvalue weighted by Gasteiger charge is 2.21. The van der Waals surface area contributed by atoms with Gasteiger partial charge < -0.3 is 10.0 Å². The largest absolute Gasteiger partial charge is 0.395 e. The van der Waals surface area contributed by atoms with Gasteiger partial charge in [-0.25, -0.2) is 0 Å². The van der Waals surface area contributed by atoms with Crippen LogP contribution in [0.2, 0.25) is 0 Å². The maximum Gasteiger partial charge on any atom is 0.222 e. The number of carbonyl (C=O) groups excluding carboxylic acids is 1. The fourth-order valence-corrected chi connectivity index (χ4v) is 2.73. The van der Waals surface area contributed by atoms with Crippen molar-refractivity contribution in [1.29, 1.82) is 0 Å². The van der Waals surface area contributed by atoms with Gasteiger partial charge in [0.05, 0.1) is 6.61 Å². The molecule has 0 aliphatic carbocycles. The number of hydrogen-bond donors (Lipinski definition) is 1. The molecule has 1 aliphatic heterocycles. The lowest BCUT2D eigenvalue weighted by Crippen LogP contribution is -2.42. The third-order valence-corrected chi connectivity index (χ3v) is 3.91. The number of piperidine rings is 1. The van der Waals surface area contributed by atoms with E-state index in [1.165, 1.54) is 12.8 Å². The number of aliphatic hydroxyl groups excluding tert-OH is 1. The molecule has 1 fully saturated rings.